The zero-order valence-electron chi connectivity index (χ0n) is 18.4. The van der Waals surface area contributed by atoms with E-state index in [2.05, 4.69) is 10.6 Å². The van der Waals surface area contributed by atoms with Crippen LogP contribution >= 0.6 is 22.9 Å². The highest BCUT2D eigenvalue weighted by molar-refractivity contribution is 7.18. The third-order valence-corrected chi connectivity index (χ3v) is 7.55. The number of rotatable bonds is 9. The van der Waals surface area contributed by atoms with E-state index in [-0.39, 0.29) is 36.6 Å². The number of benzene rings is 1. The summed E-state index contributed by atoms with van der Waals surface area (Å²) in [5.74, 6) is -1.93. The number of amides is 2. The Morgan fingerprint density at radius 3 is 2.32 bits per heavy atom. The van der Waals surface area contributed by atoms with Gasteiger partial charge >= 0.3 is 5.97 Å². The van der Waals surface area contributed by atoms with Crippen molar-refractivity contribution in [1.29, 1.82) is 0 Å². The number of ether oxygens (including phenoxy) is 1. The summed E-state index contributed by atoms with van der Waals surface area (Å²) < 4.78 is 20.9. The third-order valence-electron chi connectivity index (χ3n) is 6.16. The summed E-state index contributed by atoms with van der Waals surface area (Å²) in [5, 5.41) is 14.4. The molecule has 0 aliphatic heterocycles. The Morgan fingerprint density at radius 2 is 1.71 bits per heavy atom. The first-order valence-corrected chi connectivity index (χ1v) is 12.6. The van der Waals surface area contributed by atoms with Crippen molar-refractivity contribution in [2.75, 3.05) is 13.1 Å². The zero-order valence-corrected chi connectivity index (χ0v) is 20.0. The summed E-state index contributed by atoms with van der Waals surface area (Å²) >= 11 is 7.46. The van der Waals surface area contributed by atoms with Gasteiger partial charge in [0.1, 0.15) is 11.6 Å². The molecule has 2 aromatic rings. The van der Waals surface area contributed by atoms with Gasteiger partial charge in [0, 0.05) is 19.2 Å². The molecule has 10 heteroatoms. The fraction of sp³-hybridized carbons (Fsp3) is 0.458. The number of halogens is 2. The molecule has 2 aliphatic carbocycles. The lowest BCUT2D eigenvalue weighted by Gasteiger charge is -2.26. The molecule has 0 spiro atoms. The highest BCUT2D eigenvalue weighted by Gasteiger charge is 2.29. The Kier molecular flexibility index (Phi) is 7.73. The third kappa shape index (κ3) is 6.07. The summed E-state index contributed by atoms with van der Waals surface area (Å²) in [5.41, 5.74) is 0.910. The first-order chi connectivity index (χ1) is 16.3. The summed E-state index contributed by atoms with van der Waals surface area (Å²) in [7, 11) is 0. The molecule has 0 radical (unpaired) electrons. The number of aliphatic carboxylic acids is 1. The molecule has 2 aliphatic rings. The molecule has 0 bridgehead atoms. The number of thiophene rings is 1. The largest absolute Gasteiger partial charge is 0.490 e. The van der Waals surface area contributed by atoms with E-state index in [1.165, 1.54) is 23.5 Å². The van der Waals surface area contributed by atoms with E-state index in [0.29, 0.717) is 46.6 Å². The molecule has 2 fully saturated rings. The summed E-state index contributed by atoms with van der Waals surface area (Å²) in [4.78, 5) is 36.2. The van der Waals surface area contributed by atoms with Crippen LogP contribution in [0, 0.1) is 11.7 Å². The van der Waals surface area contributed by atoms with Gasteiger partial charge in [-0.25, -0.2) is 4.39 Å². The smallest absolute Gasteiger partial charge is 0.306 e. The average molecular weight is 509 g/mol. The molecule has 182 valence electrons. The van der Waals surface area contributed by atoms with Gasteiger partial charge < -0.3 is 20.5 Å². The molecule has 0 saturated heterocycles. The summed E-state index contributed by atoms with van der Waals surface area (Å²) in [6.07, 6.45) is 4.26. The van der Waals surface area contributed by atoms with Crippen molar-refractivity contribution in [3.05, 3.63) is 50.4 Å². The van der Waals surface area contributed by atoms with Crippen molar-refractivity contribution >= 4 is 40.7 Å². The van der Waals surface area contributed by atoms with E-state index in [0.717, 1.165) is 24.5 Å². The normalized spacial score (nSPS) is 19.9. The molecular formula is C24H26ClFN2O5S. The van der Waals surface area contributed by atoms with Gasteiger partial charge in [0.25, 0.3) is 11.8 Å². The predicted octanol–water partition coefficient (Wildman–Crippen LogP) is 4.60. The highest BCUT2D eigenvalue weighted by atomic mass is 35.5. The second-order valence-corrected chi connectivity index (χ2v) is 10.4. The molecule has 3 N–H and O–H groups in total. The fourth-order valence-corrected chi connectivity index (χ4v) is 5.42. The van der Waals surface area contributed by atoms with Crippen molar-refractivity contribution in [3.63, 3.8) is 0 Å². The van der Waals surface area contributed by atoms with Crippen LogP contribution in [0.2, 0.25) is 4.34 Å². The molecule has 1 heterocycles. The number of carbonyl (C=O) groups excluding carboxylic acids is 2. The molecule has 1 aromatic heterocycles. The summed E-state index contributed by atoms with van der Waals surface area (Å²) in [6, 6.07) is 5.88. The first kappa shape index (κ1) is 24.5. The number of carbonyl (C=O) groups is 3. The standard InChI is InChI=1S/C24H26ClFN2O5S/c25-21-18(13-1-2-13)12-20(34-21)23(30)28-10-9-27-22(29)17-8-7-16(11-19(17)26)33-15-5-3-14(4-6-15)24(31)32/h7-8,11-15H,1-6,9-10H2,(H,27,29)(H,28,30)(H,31,32). The molecule has 2 saturated carbocycles. The van der Waals surface area contributed by atoms with Crippen LogP contribution in [0.3, 0.4) is 0 Å². The maximum atomic E-state index is 14.5. The van der Waals surface area contributed by atoms with Gasteiger partial charge in [0.15, 0.2) is 0 Å². The van der Waals surface area contributed by atoms with E-state index in [4.69, 9.17) is 21.4 Å². The van der Waals surface area contributed by atoms with E-state index in [1.807, 2.05) is 6.07 Å². The summed E-state index contributed by atoms with van der Waals surface area (Å²) in [6.45, 7) is 0.338. The molecule has 4 rings (SSSR count). The van der Waals surface area contributed by atoms with Gasteiger partial charge in [-0.1, -0.05) is 11.6 Å². The van der Waals surface area contributed by atoms with Crippen LogP contribution in [0.5, 0.6) is 5.75 Å². The maximum absolute atomic E-state index is 14.5. The Balaban J connectivity index is 1.21. The van der Waals surface area contributed by atoms with E-state index < -0.39 is 17.7 Å². The van der Waals surface area contributed by atoms with Crippen LogP contribution in [0.25, 0.3) is 0 Å². The average Bonchev–Trinajstić information content (AvgIpc) is 3.58. The lowest BCUT2D eigenvalue weighted by atomic mass is 9.87. The van der Waals surface area contributed by atoms with Gasteiger partial charge in [0.2, 0.25) is 0 Å². The van der Waals surface area contributed by atoms with Gasteiger partial charge in [0.05, 0.1) is 26.8 Å². The van der Waals surface area contributed by atoms with Gasteiger partial charge in [-0.05, 0) is 68.2 Å². The Bertz CT molecular complexity index is 1080. The Hall–Kier alpha value is -2.65. The Morgan fingerprint density at radius 1 is 1.03 bits per heavy atom. The number of hydrogen-bond donors (Lipinski definition) is 3. The maximum Gasteiger partial charge on any atom is 0.306 e. The van der Waals surface area contributed by atoms with E-state index in [1.54, 1.807) is 0 Å². The second-order valence-electron chi connectivity index (χ2n) is 8.70. The van der Waals surface area contributed by atoms with Crippen LogP contribution in [-0.2, 0) is 4.79 Å². The molecule has 2 amide bonds. The van der Waals surface area contributed by atoms with Crippen LogP contribution in [0.4, 0.5) is 4.39 Å². The van der Waals surface area contributed by atoms with Crippen LogP contribution in [0.1, 0.15) is 70.0 Å². The fourth-order valence-electron chi connectivity index (χ4n) is 4.08. The molecule has 34 heavy (non-hydrogen) atoms. The van der Waals surface area contributed by atoms with E-state index in [9.17, 15) is 18.8 Å². The van der Waals surface area contributed by atoms with Crippen molar-refractivity contribution in [3.8, 4) is 5.75 Å². The van der Waals surface area contributed by atoms with Crippen LogP contribution < -0.4 is 15.4 Å². The molecule has 0 atom stereocenters. The topological polar surface area (TPSA) is 105 Å². The van der Waals surface area contributed by atoms with Crippen LogP contribution in [-0.4, -0.2) is 42.1 Å². The van der Waals surface area contributed by atoms with Gasteiger partial charge in [-0.2, -0.15) is 0 Å². The molecule has 1 aromatic carbocycles. The first-order valence-electron chi connectivity index (χ1n) is 11.4. The van der Waals surface area contributed by atoms with Gasteiger partial charge in [-0.3, -0.25) is 14.4 Å². The zero-order chi connectivity index (χ0) is 24.2. The minimum absolute atomic E-state index is 0.118. The quantitative estimate of drug-likeness (QED) is 0.429. The van der Waals surface area contributed by atoms with Crippen molar-refractivity contribution in [2.45, 2.75) is 50.5 Å². The Labute approximate surface area is 205 Å². The number of hydrogen-bond acceptors (Lipinski definition) is 5. The molecule has 0 unspecified atom stereocenters. The number of carboxylic acids is 1. The van der Waals surface area contributed by atoms with Crippen molar-refractivity contribution in [1.82, 2.24) is 10.6 Å². The second kappa shape index (κ2) is 10.7. The predicted molar refractivity (Wildman–Crippen MR) is 126 cm³/mol. The molecule has 7 nitrogen and oxygen atoms in total. The van der Waals surface area contributed by atoms with Crippen LogP contribution in [0.15, 0.2) is 24.3 Å². The monoisotopic (exact) mass is 508 g/mol. The van der Waals surface area contributed by atoms with Crippen molar-refractivity contribution in [2.24, 2.45) is 5.92 Å². The van der Waals surface area contributed by atoms with E-state index >= 15 is 0 Å². The highest BCUT2D eigenvalue weighted by Crippen LogP contribution is 2.46. The minimum atomic E-state index is -0.793. The SMILES string of the molecule is O=C(NCCNC(=O)c1ccc(OC2CCC(C(=O)O)CC2)cc1F)c1cc(C2CC2)c(Cl)s1. The number of nitrogens with one attached hydrogen (secondary N) is 2. The van der Waals surface area contributed by atoms with Gasteiger partial charge in [-0.15, -0.1) is 11.3 Å². The lowest BCUT2D eigenvalue weighted by molar-refractivity contribution is -0.143. The molecular weight excluding hydrogens is 483 g/mol. The lowest BCUT2D eigenvalue weighted by Crippen LogP contribution is -2.34. The van der Waals surface area contributed by atoms with Crippen molar-refractivity contribution < 1.29 is 28.6 Å². The minimum Gasteiger partial charge on any atom is -0.490 e. The number of carboxylic acid groups (broad SMARTS) is 1.